The second-order valence-electron chi connectivity index (χ2n) is 5.17. The Kier molecular flexibility index (Phi) is 5.33. The molecular formula is C15H23N3O. The highest BCUT2D eigenvalue weighted by Gasteiger charge is 2.22. The summed E-state index contributed by atoms with van der Waals surface area (Å²) in [5.74, 6) is 0.115. The third kappa shape index (κ3) is 4.31. The highest BCUT2D eigenvalue weighted by Crippen LogP contribution is 2.18. The first-order valence-electron chi connectivity index (χ1n) is 7.19. The van der Waals surface area contributed by atoms with Gasteiger partial charge < -0.3 is 5.32 Å². The first-order valence-corrected chi connectivity index (χ1v) is 7.19. The molecule has 0 spiro atoms. The van der Waals surface area contributed by atoms with Crippen LogP contribution in [-0.2, 0) is 11.3 Å². The van der Waals surface area contributed by atoms with E-state index >= 15 is 0 Å². The predicted octanol–water partition coefficient (Wildman–Crippen LogP) is 1.96. The summed E-state index contributed by atoms with van der Waals surface area (Å²) < 4.78 is 0. The van der Waals surface area contributed by atoms with E-state index in [1.165, 1.54) is 19.3 Å². The number of aromatic nitrogens is 1. The van der Waals surface area contributed by atoms with Crippen LogP contribution in [0.4, 0.5) is 0 Å². The summed E-state index contributed by atoms with van der Waals surface area (Å²) in [5.41, 5.74) is 1.04. The van der Waals surface area contributed by atoms with Crippen molar-refractivity contribution in [2.75, 3.05) is 13.1 Å². The van der Waals surface area contributed by atoms with Crippen LogP contribution in [-0.4, -0.2) is 34.9 Å². The van der Waals surface area contributed by atoms with Crippen LogP contribution in [0.3, 0.4) is 0 Å². The molecule has 4 nitrogen and oxygen atoms in total. The highest BCUT2D eigenvalue weighted by molar-refractivity contribution is 5.78. The third-order valence-electron chi connectivity index (χ3n) is 3.78. The van der Waals surface area contributed by atoms with Gasteiger partial charge in [0.15, 0.2) is 0 Å². The van der Waals surface area contributed by atoms with Gasteiger partial charge in [-0.15, -0.1) is 0 Å². The SMILES string of the molecule is CCC1CCCCN1CC(=O)NCc1cccnc1. The lowest BCUT2D eigenvalue weighted by atomic mass is 10.0. The van der Waals surface area contributed by atoms with E-state index < -0.39 is 0 Å². The molecule has 2 heterocycles. The second-order valence-corrected chi connectivity index (χ2v) is 5.17. The number of pyridine rings is 1. The molecule has 1 unspecified atom stereocenters. The summed E-state index contributed by atoms with van der Waals surface area (Å²) in [5, 5.41) is 2.97. The average molecular weight is 261 g/mol. The summed E-state index contributed by atoms with van der Waals surface area (Å²) >= 11 is 0. The van der Waals surface area contributed by atoms with Gasteiger partial charge in [-0.05, 0) is 37.4 Å². The molecule has 1 aliphatic rings. The number of hydrogen-bond donors (Lipinski definition) is 1. The van der Waals surface area contributed by atoms with Gasteiger partial charge in [-0.1, -0.05) is 19.4 Å². The van der Waals surface area contributed by atoms with Crippen LogP contribution in [0.5, 0.6) is 0 Å². The molecule has 1 amide bonds. The average Bonchev–Trinajstić information content (AvgIpc) is 2.47. The predicted molar refractivity (Wildman–Crippen MR) is 75.6 cm³/mol. The monoisotopic (exact) mass is 261 g/mol. The van der Waals surface area contributed by atoms with Crippen LogP contribution in [0.1, 0.15) is 38.2 Å². The topological polar surface area (TPSA) is 45.2 Å². The number of piperidine rings is 1. The van der Waals surface area contributed by atoms with E-state index in [0.717, 1.165) is 18.5 Å². The van der Waals surface area contributed by atoms with Gasteiger partial charge in [0.05, 0.1) is 6.54 Å². The molecule has 1 N–H and O–H groups in total. The van der Waals surface area contributed by atoms with Crippen molar-refractivity contribution < 1.29 is 4.79 Å². The van der Waals surface area contributed by atoms with E-state index in [2.05, 4.69) is 22.1 Å². The van der Waals surface area contributed by atoms with Crippen LogP contribution in [0, 0.1) is 0 Å². The van der Waals surface area contributed by atoms with Crippen molar-refractivity contribution in [2.45, 2.75) is 45.2 Å². The Bertz CT molecular complexity index is 394. The van der Waals surface area contributed by atoms with Crippen molar-refractivity contribution in [1.82, 2.24) is 15.2 Å². The summed E-state index contributed by atoms with van der Waals surface area (Å²) in [4.78, 5) is 18.3. The molecule has 1 aliphatic heterocycles. The van der Waals surface area contributed by atoms with Gasteiger partial charge >= 0.3 is 0 Å². The van der Waals surface area contributed by atoms with Crippen molar-refractivity contribution in [3.63, 3.8) is 0 Å². The third-order valence-corrected chi connectivity index (χ3v) is 3.78. The molecule has 2 rings (SSSR count). The van der Waals surface area contributed by atoms with Crippen LogP contribution < -0.4 is 5.32 Å². The number of carbonyl (C=O) groups is 1. The lowest BCUT2D eigenvalue weighted by molar-refractivity contribution is -0.123. The summed E-state index contributed by atoms with van der Waals surface area (Å²) in [6.45, 7) is 4.35. The molecule has 0 radical (unpaired) electrons. The molecule has 1 fully saturated rings. The fourth-order valence-corrected chi connectivity index (χ4v) is 2.67. The van der Waals surface area contributed by atoms with E-state index in [-0.39, 0.29) is 5.91 Å². The fraction of sp³-hybridized carbons (Fsp3) is 0.600. The molecule has 4 heteroatoms. The number of hydrogen-bond acceptors (Lipinski definition) is 3. The number of rotatable bonds is 5. The van der Waals surface area contributed by atoms with E-state index in [4.69, 9.17) is 0 Å². The number of nitrogens with zero attached hydrogens (tertiary/aromatic N) is 2. The molecule has 0 saturated carbocycles. The Balaban J connectivity index is 1.77. The molecule has 104 valence electrons. The Morgan fingerprint density at radius 2 is 2.42 bits per heavy atom. The number of amides is 1. The minimum absolute atomic E-state index is 0.115. The van der Waals surface area contributed by atoms with Gasteiger partial charge in [0.1, 0.15) is 0 Å². The van der Waals surface area contributed by atoms with Crippen molar-refractivity contribution in [1.29, 1.82) is 0 Å². The Hall–Kier alpha value is -1.42. The van der Waals surface area contributed by atoms with E-state index in [9.17, 15) is 4.79 Å². The number of likely N-dealkylation sites (tertiary alicyclic amines) is 1. The highest BCUT2D eigenvalue weighted by atomic mass is 16.2. The molecule has 1 atom stereocenters. The molecule has 1 aromatic heterocycles. The number of carbonyl (C=O) groups excluding carboxylic acids is 1. The second kappa shape index (κ2) is 7.24. The molecule has 19 heavy (non-hydrogen) atoms. The fourth-order valence-electron chi connectivity index (χ4n) is 2.67. The maximum absolute atomic E-state index is 12.0. The molecular weight excluding hydrogens is 238 g/mol. The molecule has 1 saturated heterocycles. The van der Waals surface area contributed by atoms with Crippen LogP contribution in [0.15, 0.2) is 24.5 Å². The maximum atomic E-state index is 12.0. The molecule has 1 aromatic rings. The van der Waals surface area contributed by atoms with E-state index in [1.54, 1.807) is 12.4 Å². The van der Waals surface area contributed by atoms with Gasteiger partial charge in [-0.3, -0.25) is 14.7 Å². The van der Waals surface area contributed by atoms with Gasteiger partial charge in [0.25, 0.3) is 0 Å². The molecule has 0 aromatic carbocycles. The van der Waals surface area contributed by atoms with E-state index in [1.807, 2.05) is 12.1 Å². The van der Waals surface area contributed by atoms with Crippen LogP contribution >= 0.6 is 0 Å². The minimum atomic E-state index is 0.115. The van der Waals surface area contributed by atoms with Crippen molar-refractivity contribution in [3.05, 3.63) is 30.1 Å². The quantitative estimate of drug-likeness (QED) is 0.881. The van der Waals surface area contributed by atoms with Crippen molar-refractivity contribution in [2.24, 2.45) is 0 Å². The van der Waals surface area contributed by atoms with Crippen molar-refractivity contribution >= 4 is 5.91 Å². The zero-order valence-electron chi connectivity index (χ0n) is 11.6. The zero-order valence-corrected chi connectivity index (χ0v) is 11.6. The van der Waals surface area contributed by atoms with Crippen LogP contribution in [0.25, 0.3) is 0 Å². The van der Waals surface area contributed by atoms with Gasteiger partial charge in [-0.2, -0.15) is 0 Å². The minimum Gasteiger partial charge on any atom is -0.351 e. The lowest BCUT2D eigenvalue weighted by Crippen LogP contribution is -2.45. The van der Waals surface area contributed by atoms with E-state index in [0.29, 0.717) is 19.1 Å². The largest absolute Gasteiger partial charge is 0.351 e. The lowest BCUT2D eigenvalue weighted by Gasteiger charge is -2.34. The summed E-state index contributed by atoms with van der Waals surface area (Å²) in [6, 6.07) is 4.44. The number of nitrogens with one attached hydrogen (secondary N) is 1. The Morgan fingerprint density at radius 1 is 1.53 bits per heavy atom. The normalized spacial score (nSPS) is 20.2. The first kappa shape index (κ1) is 14.0. The van der Waals surface area contributed by atoms with Crippen LogP contribution in [0.2, 0.25) is 0 Å². The van der Waals surface area contributed by atoms with Gasteiger partial charge in [0, 0.05) is 25.0 Å². The standard InChI is InChI=1S/C15H23N3O/c1-2-14-7-3-4-9-18(14)12-15(19)17-11-13-6-5-8-16-10-13/h5-6,8,10,14H,2-4,7,9,11-12H2,1H3,(H,17,19). The Labute approximate surface area is 115 Å². The van der Waals surface area contributed by atoms with Gasteiger partial charge in [-0.25, -0.2) is 0 Å². The molecule has 0 bridgehead atoms. The smallest absolute Gasteiger partial charge is 0.234 e. The first-order chi connectivity index (χ1) is 9.29. The Morgan fingerprint density at radius 3 is 3.16 bits per heavy atom. The maximum Gasteiger partial charge on any atom is 0.234 e. The summed E-state index contributed by atoms with van der Waals surface area (Å²) in [7, 11) is 0. The zero-order chi connectivity index (χ0) is 13.5. The molecule has 0 aliphatic carbocycles. The summed E-state index contributed by atoms with van der Waals surface area (Å²) in [6.07, 6.45) is 8.40. The van der Waals surface area contributed by atoms with Crippen molar-refractivity contribution in [3.8, 4) is 0 Å². The van der Waals surface area contributed by atoms with Gasteiger partial charge in [0.2, 0.25) is 5.91 Å².